The van der Waals surface area contributed by atoms with E-state index in [1.165, 1.54) is 5.56 Å². The summed E-state index contributed by atoms with van der Waals surface area (Å²) in [6, 6.07) is 6.24. The van der Waals surface area contributed by atoms with Crippen LogP contribution in [0.15, 0.2) is 22.6 Å². The Morgan fingerprint density at radius 3 is 2.96 bits per heavy atom. The van der Waals surface area contributed by atoms with Crippen LogP contribution in [0, 0.1) is 13.8 Å². The van der Waals surface area contributed by atoms with E-state index in [0.29, 0.717) is 5.76 Å². The third-order valence-electron chi connectivity index (χ3n) is 4.87. The molecule has 4 nitrogen and oxygen atoms in total. The number of nitrogens with zero attached hydrogens (tertiary/aromatic N) is 1. The molecule has 0 bridgehead atoms. The molecule has 0 radical (unpaired) electrons. The van der Waals surface area contributed by atoms with E-state index < -0.39 is 0 Å². The molecule has 3 rings (SSSR count). The molecular weight excluding hydrogens is 290 g/mol. The fourth-order valence-electron chi connectivity index (χ4n) is 3.56. The van der Waals surface area contributed by atoms with Gasteiger partial charge in [0.2, 0.25) is 0 Å². The van der Waals surface area contributed by atoms with Crippen LogP contribution in [0.3, 0.4) is 0 Å². The highest BCUT2D eigenvalue weighted by Gasteiger charge is 2.30. The number of amides is 1. The highest BCUT2D eigenvalue weighted by Crippen LogP contribution is 2.29. The van der Waals surface area contributed by atoms with Crippen molar-refractivity contribution in [2.45, 2.75) is 52.0 Å². The molecular formula is C19H25NO3. The van der Waals surface area contributed by atoms with Crippen molar-refractivity contribution in [1.29, 1.82) is 0 Å². The molecule has 0 spiro atoms. The number of hydrogen-bond donors (Lipinski definition) is 1. The maximum Gasteiger partial charge on any atom is 0.290 e. The van der Waals surface area contributed by atoms with Crippen molar-refractivity contribution in [1.82, 2.24) is 4.90 Å². The average molecular weight is 315 g/mol. The SMILES string of the molecule is Cc1ccc2oc(C(=O)N3CCCC[C@@H]3CCCO)c(C)c2c1. The van der Waals surface area contributed by atoms with E-state index in [0.717, 1.165) is 55.2 Å². The Balaban J connectivity index is 1.90. The van der Waals surface area contributed by atoms with Gasteiger partial charge in [0.05, 0.1) is 0 Å². The van der Waals surface area contributed by atoms with Gasteiger partial charge in [0, 0.05) is 30.1 Å². The molecule has 0 unspecified atom stereocenters. The van der Waals surface area contributed by atoms with Gasteiger partial charge in [-0.15, -0.1) is 0 Å². The second kappa shape index (κ2) is 6.75. The zero-order chi connectivity index (χ0) is 16.4. The van der Waals surface area contributed by atoms with Gasteiger partial charge >= 0.3 is 0 Å². The van der Waals surface area contributed by atoms with E-state index in [-0.39, 0.29) is 18.6 Å². The van der Waals surface area contributed by atoms with Crippen molar-refractivity contribution in [2.75, 3.05) is 13.2 Å². The molecule has 1 saturated heterocycles. The summed E-state index contributed by atoms with van der Waals surface area (Å²) in [5.41, 5.74) is 2.87. The fourth-order valence-corrected chi connectivity index (χ4v) is 3.56. The number of aryl methyl sites for hydroxylation is 2. The van der Waals surface area contributed by atoms with Crippen molar-refractivity contribution in [3.8, 4) is 0 Å². The molecule has 0 saturated carbocycles. The molecule has 1 amide bonds. The lowest BCUT2D eigenvalue weighted by molar-refractivity contribution is 0.0560. The summed E-state index contributed by atoms with van der Waals surface area (Å²) in [4.78, 5) is 15.0. The molecule has 1 N–H and O–H groups in total. The van der Waals surface area contributed by atoms with Gasteiger partial charge in [-0.1, -0.05) is 11.6 Å². The van der Waals surface area contributed by atoms with Gasteiger partial charge < -0.3 is 14.4 Å². The highest BCUT2D eigenvalue weighted by atomic mass is 16.3. The minimum Gasteiger partial charge on any atom is -0.451 e. The molecule has 1 aliphatic heterocycles. The first-order chi connectivity index (χ1) is 11.1. The molecule has 1 fully saturated rings. The van der Waals surface area contributed by atoms with Crippen LogP contribution in [0.25, 0.3) is 11.0 Å². The molecule has 23 heavy (non-hydrogen) atoms. The topological polar surface area (TPSA) is 53.7 Å². The average Bonchev–Trinajstić information content (AvgIpc) is 2.89. The third kappa shape index (κ3) is 3.13. The van der Waals surface area contributed by atoms with E-state index in [2.05, 4.69) is 6.07 Å². The van der Waals surface area contributed by atoms with E-state index >= 15 is 0 Å². The summed E-state index contributed by atoms with van der Waals surface area (Å²) >= 11 is 0. The number of carbonyl (C=O) groups is 1. The number of fused-ring (bicyclic) bond motifs is 1. The molecule has 1 aromatic carbocycles. The van der Waals surface area contributed by atoms with Gasteiger partial charge in [-0.2, -0.15) is 0 Å². The van der Waals surface area contributed by atoms with E-state index in [4.69, 9.17) is 9.52 Å². The van der Waals surface area contributed by atoms with Crippen LogP contribution >= 0.6 is 0 Å². The fraction of sp³-hybridized carbons (Fsp3) is 0.526. The summed E-state index contributed by atoms with van der Waals surface area (Å²) in [5, 5.41) is 10.1. The lowest BCUT2D eigenvalue weighted by Gasteiger charge is -2.35. The first kappa shape index (κ1) is 16.1. The summed E-state index contributed by atoms with van der Waals surface area (Å²) in [7, 11) is 0. The maximum atomic E-state index is 13.0. The molecule has 1 aliphatic rings. The minimum absolute atomic E-state index is 0.000933. The first-order valence-corrected chi connectivity index (χ1v) is 8.53. The van der Waals surface area contributed by atoms with Crippen LogP contribution in [0.2, 0.25) is 0 Å². The van der Waals surface area contributed by atoms with Crippen molar-refractivity contribution < 1.29 is 14.3 Å². The zero-order valence-electron chi connectivity index (χ0n) is 14.0. The Morgan fingerprint density at radius 1 is 1.35 bits per heavy atom. The predicted octanol–water partition coefficient (Wildman–Crippen LogP) is 3.82. The molecule has 4 heteroatoms. The molecule has 2 heterocycles. The number of likely N-dealkylation sites (tertiary alicyclic amines) is 1. The molecule has 2 aromatic rings. The number of piperidine rings is 1. The van der Waals surface area contributed by atoms with Crippen molar-refractivity contribution >= 4 is 16.9 Å². The second-order valence-corrected chi connectivity index (χ2v) is 6.57. The zero-order valence-corrected chi connectivity index (χ0v) is 14.0. The minimum atomic E-state index is -0.000933. The van der Waals surface area contributed by atoms with Crippen molar-refractivity contribution in [2.24, 2.45) is 0 Å². The Morgan fingerprint density at radius 2 is 2.17 bits per heavy atom. The van der Waals surface area contributed by atoms with Crippen LogP contribution in [0.1, 0.15) is 53.8 Å². The Kier molecular flexibility index (Phi) is 4.71. The van der Waals surface area contributed by atoms with E-state index in [1.807, 2.05) is 30.9 Å². The van der Waals surface area contributed by atoms with Crippen LogP contribution in [0.4, 0.5) is 0 Å². The molecule has 1 atom stereocenters. The van der Waals surface area contributed by atoms with Gasteiger partial charge in [-0.25, -0.2) is 0 Å². The monoisotopic (exact) mass is 315 g/mol. The van der Waals surface area contributed by atoms with Gasteiger partial charge in [-0.05, 0) is 58.1 Å². The number of hydrogen-bond acceptors (Lipinski definition) is 3. The van der Waals surface area contributed by atoms with E-state index in [1.54, 1.807) is 0 Å². The van der Waals surface area contributed by atoms with Gasteiger partial charge in [0.15, 0.2) is 5.76 Å². The highest BCUT2D eigenvalue weighted by molar-refractivity contribution is 5.99. The summed E-state index contributed by atoms with van der Waals surface area (Å²) in [5.74, 6) is 0.473. The number of rotatable bonds is 4. The summed E-state index contributed by atoms with van der Waals surface area (Å²) in [6.45, 7) is 4.97. The van der Waals surface area contributed by atoms with Crippen molar-refractivity contribution in [3.63, 3.8) is 0 Å². The normalized spacial score (nSPS) is 18.6. The number of aliphatic hydroxyl groups excluding tert-OH is 1. The van der Waals surface area contributed by atoms with Crippen molar-refractivity contribution in [3.05, 3.63) is 35.1 Å². The quantitative estimate of drug-likeness (QED) is 0.933. The van der Waals surface area contributed by atoms with Crippen LogP contribution in [-0.4, -0.2) is 35.1 Å². The number of furan rings is 1. The summed E-state index contributed by atoms with van der Waals surface area (Å²) < 4.78 is 5.88. The molecule has 1 aromatic heterocycles. The maximum absolute atomic E-state index is 13.0. The van der Waals surface area contributed by atoms with Gasteiger partial charge in [-0.3, -0.25) is 4.79 Å². The smallest absolute Gasteiger partial charge is 0.290 e. The lowest BCUT2D eigenvalue weighted by Crippen LogP contribution is -2.43. The summed E-state index contributed by atoms with van der Waals surface area (Å²) in [6.07, 6.45) is 4.81. The third-order valence-corrected chi connectivity index (χ3v) is 4.87. The van der Waals surface area contributed by atoms with E-state index in [9.17, 15) is 4.79 Å². The lowest BCUT2D eigenvalue weighted by atomic mass is 9.97. The number of carbonyl (C=O) groups excluding carboxylic acids is 1. The second-order valence-electron chi connectivity index (χ2n) is 6.57. The first-order valence-electron chi connectivity index (χ1n) is 8.53. The number of benzene rings is 1. The Hall–Kier alpha value is -1.81. The number of aliphatic hydroxyl groups is 1. The van der Waals surface area contributed by atoms with Crippen LogP contribution in [0.5, 0.6) is 0 Å². The Labute approximate surface area is 137 Å². The largest absolute Gasteiger partial charge is 0.451 e. The standard InChI is InChI=1S/C19H25NO3/c1-13-8-9-17-16(12-13)14(2)18(23-17)19(22)20-10-4-3-6-15(20)7-5-11-21/h8-9,12,15,21H,3-7,10-11H2,1-2H3/t15-/m1/s1. The van der Waals surface area contributed by atoms with Crippen LogP contribution < -0.4 is 0 Å². The van der Waals surface area contributed by atoms with Crippen LogP contribution in [-0.2, 0) is 0 Å². The van der Waals surface area contributed by atoms with Gasteiger partial charge in [0.1, 0.15) is 5.58 Å². The Bertz CT molecular complexity index is 704. The van der Waals surface area contributed by atoms with Gasteiger partial charge in [0.25, 0.3) is 5.91 Å². The predicted molar refractivity (Wildman–Crippen MR) is 90.7 cm³/mol. The molecule has 0 aliphatic carbocycles. The molecule has 124 valence electrons.